The number of carbonyl (C=O) groups is 1. The summed E-state index contributed by atoms with van der Waals surface area (Å²) in [6.07, 6.45) is -4.08. The Hall–Kier alpha value is -0.460. The van der Waals surface area contributed by atoms with Crippen LogP contribution < -0.4 is 5.32 Å². The van der Waals surface area contributed by atoms with Crippen LogP contribution in [0.1, 0.15) is 29.3 Å². The Labute approximate surface area is 139 Å². The topological polar surface area (TPSA) is 29.1 Å². The molecule has 0 aliphatic heterocycles. The van der Waals surface area contributed by atoms with E-state index in [-0.39, 0.29) is 21.8 Å². The van der Waals surface area contributed by atoms with E-state index in [1.807, 2.05) is 0 Å². The van der Waals surface area contributed by atoms with Gasteiger partial charge in [0.15, 0.2) is 0 Å². The lowest BCUT2D eigenvalue weighted by Crippen LogP contribution is -2.51. The van der Waals surface area contributed by atoms with Crippen LogP contribution in [0, 0.1) is 0 Å². The van der Waals surface area contributed by atoms with Crippen molar-refractivity contribution in [1.82, 2.24) is 5.32 Å². The molecule has 0 unspecified atom stereocenters. The Balaban J connectivity index is 3.09. The summed E-state index contributed by atoms with van der Waals surface area (Å²) < 4.78 is 38.4. The first-order chi connectivity index (χ1) is 9.69. The predicted molar refractivity (Wildman–Crippen MR) is 81.1 cm³/mol. The van der Waals surface area contributed by atoms with Crippen LogP contribution in [0.2, 0.25) is 0 Å². The molecule has 0 aromatic heterocycles. The third-order valence-corrected chi connectivity index (χ3v) is 4.82. The van der Waals surface area contributed by atoms with Gasteiger partial charge in [-0.15, -0.1) is 23.2 Å². The maximum Gasteiger partial charge on any atom is 0.417 e. The molecule has 1 aromatic carbocycles. The standard InChI is InChI=1S/C13H13BrCl2F3NO/c1-2-12(6-15,7-16)20-11(21)8-3-4-10(14)9(5-8)13(17,18)19/h3-5H,2,6-7H2,1H3,(H,20,21). The number of carbonyl (C=O) groups excluding carboxylic acids is 1. The molecule has 0 aliphatic rings. The second kappa shape index (κ2) is 7.20. The monoisotopic (exact) mass is 405 g/mol. The molecule has 1 aromatic rings. The van der Waals surface area contributed by atoms with Gasteiger partial charge in [0.05, 0.1) is 11.1 Å². The smallest absolute Gasteiger partial charge is 0.344 e. The highest BCUT2D eigenvalue weighted by atomic mass is 79.9. The molecule has 0 atom stereocenters. The van der Waals surface area contributed by atoms with E-state index in [1.165, 1.54) is 12.1 Å². The summed E-state index contributed by atoms with van der Waals surface area (Å²) in [6, 6.07) is 3.28. The average Bonchev–Trinajstić information content (AvgIpc) is 2.44. The molecular weight excluding hydrogens is 394 g/mol. The summed E-state index contributed by atoms with van der Waals surface area (Å²) in [5, 5.41) is 2.61. The maximum absolute atomic E-state index is 12.8. The van der Waals surface area contributed by atoms with Gasteiger partial charge < -0.3 is 5.32 Å². The number of rotatable bonds is 5. The third kappa shape index (κ3) is 4.50. The van der Waals surface area contributed by atoms with Gasteiger partial charge in [0.1, 0.15) is 0 Å². The van der Waals surface area contributed by atoms with E-state index in [0.29, 0.717) is 6.42 Å². The van der Waals surface area contributed by atoms with E-state index in [2.05, 4.69) is 21.2 Å². The Kier molecular flexibility index (Phi) is 6.37. The number of nitrogens with one attached hydrogen (secondary N) is 1. The molecule has 8 heteroatoms. The average molecular weight is 407 g/mol. The molecule has 0 radical (unpaired) electrons. The fourth-order valence-electron chi connectivity index (χ4n) is 1.58. The Bertz CT molecular complexity index is 510. The van der Waals surface area contributed by atoms with Crippen molar-refractivity contribution in [1.29, 1.82) is 0 Å². The highest BCUT2D eigenvalue weighted by Gasteiger charge is 2.34. The number of alkyl halides is 5. The fourth-order valence-corrected chi connectivity index (χ4v) is 2.85. The van der Waals surface area contributed by atoms with Crippen molar-refractivity contribution in [3.05, 3.63) is 33.8 Å². The molecule has 1 N–H and O–H groups in total. The zero-order chi connectivity index (χ0) is 16.3. The Morgan fingerprint density at radius 2 is 1.86 bits per heavy atom. The van der Waals surface area contributed by atoms with E-state index >= 15 is 0 Å². The van der Waals surface area contributed by atoms with Gasteiger partial charge in [-0.25, -0.2) is 0 Å². The van der Waals surface area contributed by atoms with Crippen LogP contribution in [0.5, 0.6) is 0 Å². The SMILES string of the molecule is CCC(CCl)(CCl)NC(=O)c1ccc(Br)c(C(F)(F)F)c1. The summed E-state index contributed by atoms with van der Waals surface area (Å²) in [4.78, 5) is 12.1. The normalized spacial score (nSPS) is 12.3. The lowest BCUT2D eigenvalue weighted by Gasteiger charge is -2.29. The van der Waals surface area contributed by atoms with Gasteiger partial charge in [-0.3, -0.25) is 4.79 Å². The minimum Gasteiger partial charge on any atom is -0.344 e. The molecule has 0 spiro atoms. The van der Waals surface area contributed by atoms with E-state index in [1.54, 1.807) is 6.92 Å². The Morgan fingerprint density at radius 3 is 2.29 bits per heavy atom. The van der Waals surface area contributed by atoms with Crippen molar-refractivity contribution in [2.24, 2.45) is 0 Å². The highest BCUT2D eigenvalue weighted by molar-refractivity contribution is 9.10. The molecular formula is C13H13BrCl2F3NO. The first-order valence-electron chi connectivity index (χ1n) is 6.00. The second-order valence-electron chi connectivity index (χ2n) is 4.55. The van der Waals surface area contributed by atoms with E-state index < -0.39 is 23.2 Å². The molecule has 0 saturated carbocycles. The molecule has 0 saturated heterocycles. The molecule has 118 valence electrons. The minimum atomic E-state index is -4.55. The molecule has 0 heterocycles. The van der Waals surface area contributed by atoms with Crippen molar-refractivity contribution in [2.75, 3.05) is 11.8 Å². The zero-order valence-corrected chi connectivity index (χ0v) is 14.1. The van der Waals surface area contributed by atoms with Crippen molar-refractivity contribution in [3.63, 3.8) is 0 Å². The van der Waals surface area contributed by atoms with Gasteiger partial charge in [0, 0.05) is 21.8 Å². The second-order valence-corrected chi connectivity index (χ2v) is 5.94. The molecule has 21 heavy (non-hydrogen) atoms. The quantitative estimate of drug-likeness (QED) is 0.697. The number of halogens is 6. The predicted octanol–water partition coefficient (Wildman–Crippen LogP) is 4.82. The van der Waals surface area contributed by atoms with Gasteiger partial charge in [-0.1, -0.05) is 22.9 Å². The third-order valence-electron chi connectivity index (χ3n) is 3.10. The van der Waals surface area contributed by atoms with E-state index in [4.69, 9.17) is 23.2 Å². The van der Waals surface area contributed by atoms with Gasteiger partial charge in [-0.2, -0.15) is 13.2 Å². The summed E-state index contributed by atoms with van der Waals surface area (Å²) in [5.74, 6) is -0.501. The number of hydrogen-bond donors (Lipinski definition) is 1. The minimum absolute atomic E-state index is 0.0708. The van der Waals surface area contributed by atoms with Crippen molar-refractivity contribution < 1.29 is 18.0 Å². The molecule has 1 rings (SSSR count). The van der Waals surface area contributed by atoms with Crippen LogP contribution in [0.25, 0.3) is 0 Å². The maximum atomic E-state index is 12.8. The van der Waals surface area contributed by atoms with E-state index in [0.717, 1.165) is 6.07 Å². The van der Waals surface area contributed by atoms with Gasteiger partial charge in [0.2, 0.25) is 0 Å². The summed E-state index contributed by atoms with van der Waals surface area (Å²) in [6.45, 7) is 1.79. The van der Waals surface area contributed by atoms with Crippen LogP contribution in [-0.4, -0.2) is 23.2 Å². The van der Waals surface area contributed by atoms with Crippen molar-refractivity contribution >= 4 is 45.0 Å². The summed E-state index contributed by atoms with van der Waals surface area (Å²) in [7, 11) is 0. The fraction of sp³-hybridized carbons (Fsp3) is 0.462. The van der Waals surface area contributed by atoms with Crippen LogP contribution in [0.4, 0.5) is 13.2 Å². The molecule has 0 aliphatic carbocycles. The first-order valence-corrected chi connectivity index (χ1v) is 7.86. The largest absolute Gasteiger partial charge is 0.417 e. The number of amides is 1. The molecule has 2 nitrogen and oxygen atoms in total. The van der Waals surface area contributed by atoms with Gasteiger partial charge >= 0.3 is 6.18 Å². The van der Waals surface area contributed by atoms with Gasteiger partial charge in [0.25, 0.3) is 5.91 Å². The lowest BCUT2D eigenvalue weighted by atomic mass is 10.00. The van der Waals surface area contributed by atoms with Crippen LogP contribution in [0.15, 0.2) is 22.7 Å². The highest BCUT2D eigenvalue weighted by Crippen LogP contribution is 2.35. The van der Waals surface area contributed by atoms with Crippen LogP contribution in [-0.2, 0) is 6.18 Å². The molecule has 1 amide bonds. The number of hydrogen-bond acceptors (Lipinski definition) is 1. The van der Waals surface area contributed by atoms with Gasteiger partial charge in [-0.05, 0) is 24.6 Å². The molecule has 0 bridgehead atoms. The summed E-state index contributed by atoms with van der Waals surface area (Å²) >= 11 is 14.4. The zero-order valence-electron chi connectivity index (χ0n) is 11.0. The van der Waals surface area contributed by atoms with E-state index in [9.17, 15) is 18.0 Å². The van der Waals surface area contributed by atoms with Crippen LogP contribution >= 0.6 is 39.1 Å². The number of benzene rings is 1. The lowest BCUT2D eigenvalue weighted by molar-refractivity contribution is -0.138. The van der Waals surface area contributed by atoms with Crippen molar-refractivity contribution in [2.45, 2.75) is 25.1 Å². The Morgan fingerprint density at radius 1 is 1.29 bits per heavy atom. The first kappa shape index (κ1) is 18.6. The van der Waals surface area contributed by atoms with Crippen molar-refractivity contribution in [3.8, 4) is 0 Å². The van der Waals surface area contributed by atoms with Crippen LogP contribution in [0.3, 0.4) is 0 Å². The summed E-state index contributed by atoms with van der Waals surface area (Å²) in [5.41, 5.74) is -1.85. The molecule has 0 fully saturated rings.